The van der Waals surface area contributed by atoms with Gasteiger partial charge in [-0.1, -0.05) is 17.2 Å². The molecule has 5 nitrogen and oxygen atoms in total. The third-order valence-corrected chi connectivity index (χ3v) is 5.15. The lowest BCUT2D eigenvalue weighted by molar-refractivity contribution is 0.0596. The highest BCUT2D eigenvalue weighted by Crippen LogP contribution is 2.36. The number of carbonyl (C=O) groups excluding carboxylic acids is 1. The molecule has 0 aliphatic rings. The molecule has 0 spiro atoms. The minimum Gasteiger partial charge on any atom is -0.496 e. The van der Waals surface area contributed by atoms with Crippen LogP contribution in [0.25, 0.3) is 6.08 Å². The minimum absolute atomic E-state index is 0.411. The second kappa shape index (κ2) is 11.4. The number of aryl methyl sites for hydroxylation is 2. The Bertz CT molecular complexity index is 958. The van der Waals surface area contributed by atoms with Gasteiger partial charge in [0.1, 0.15) is 22.8 Å². The van der Waals surface area contributed by atoms with E-state index in [0.717, 1.165) is 36.1 Å². The maximum Gasteiger partial charge on any atom is 0.341 e. The van der Waals surface area contributed by atoms with Crippen molar-refractivity contribution in [3.05, 3.63) is 63.6 Å². The first kappa shape index (κ1) is 24.3. The van der Waals surface area contributed by atoms with E-state index in [1.807, 2.05) is 25.3 Å². The standard InChI is InChI=1S/C26H34O5/c1-17(2)13-21-15-20(16-31-21)10-8-9-18(3)11-12-22-23(28-5)14-19(4)24(25(22)29-6)26(27)30-7/h11,13-16H,8-10,12H2,1-7H3/b18-11-. The molecule has 1 aromatic carbocycles. The Labute approximate surface area is 185 Å². The van der Waals surface area contributed by atoms with E-state index in [-0.39, 0.29) is 0 Å². The van der Waals surface area contributed by atoms with Gasteiger partial charge in [-0.2, -0.15) is 0 Å². The zero-order valence-electron chi connectivity index (χ0n) is 19.8. The highest BCUT2D eigenvalue weighted by molar-refractivity contribution is 5.95. The minimum atomic E-state index is -0.411. The molecule has 0 N–H and O–H groups in total. The maximum absolute atomic E-state index is 12.3. The second-order valence-electron chi connectivity index (χ2n) is 7.96. The summed E-state index contributed by atoms with van der Waals surface area (Å²) in [4.78, 5) is 12.3. The fourth-order valence-electron chi connectivity index (χ4n) is 3.59. The molecule has 0 saturated heterocycles. The number of hydrogen-bond donors (Lipinski definition) is 0. The number of esters is 1. The lowest BCUT2D eigenvalue weighted by Gasteiger charge is -2.17. The average molecular weight is 427 g/mol. The molecular formula is C26H34O5. The summed E-state index contributed by atoms with van der Waals surface area (Å²) in [6.07, 6.45) is 9.63. The molecule has 0 amide bonds. The van der Waals surface area contributed by atoms with Crippen molar-refractivity contribution in [2.45, 2.75) is 53.4 Å². The lowest BCUT2D eigenvalue weighted by Crippen LogP contribution is -2.10. The van der Waals surface area contributed by atoms with E-state index in [1.54, 1.807) is 14.2 Å². The van der Waals surface area contributed by atoms with E-state index in [1.165, 1.54) is 23.8 Å². The van der Waals surface area contributed by atoms with Crippen molar-refractivity contribution in [2.24, 2.45) is 0 Å². The summed E-state index contributed by atoms with van der Waals surface area (Å²) in [5, 5.41) is 0. The zero-order chi connectivity index (χ0) is 23.0. The van der Waals surface area contributed by atoms with Crippen LogP contribution in [0.4, 0.5) is 0 Å². The second-order valence-corrected chi connectivity index (χ2v) is 7.96. The summed E-state index contributed by atoms with van der Waals surface area (Å²) in [5.74, 6) is 1.71. The summed E-state index contributed by atoms with van der Waals surface area (Å²) >= 11 is 0. The fourth-order valence-corrected chi connectivity index (χ4v) is 3.59. The maximum atomic E-state index is 12.3. The molecular weight excluding hydrogens is 392 g/mol. The van der Waals surface area contributed by atoms with E-state index in [4.69, 9.17) is 18.6 Å². The van der Waals surface area contributed by atoms with Crippen LogP contribution in [0.2, 0.25) is 0 Å². The average Bonchev–Trinajstić information content (AvgIpc) is 3.17. The Morgan fingerprint density at radius 1 is 1.10 bits per heavy atom. The molecule has 0 unspecified atom stereocenters. The fraction of sp³-hybridized carbons (Fsp3) is 0.423. The van der Waals surface area contributed by atoms with Gasteiger partial charge >= 0.3 is 5.97 Å². The molecule has 0 radical (unpaired) electrons. The number of hydrogen-bond acceptors (Lipinski definition) is 5. The first-order valence-corrected chi connectivity index (χ1v) is 10.5. The van der Waals surface area contributed by atoms with Crippen LogP contribution in [-0.4, -0.2) is 27.3 Å². The van der Waals surface area contributed by atoms with Crippen molar-refractivity contribution >= 4 is 12.0 Å². The quantitative estimate of drug-likeness (QED) is 0.328. The Balaban J connectivity index is 2.10. The molecule has 1 heterocycles. The number of furan rings is 1. The Kier molecular flexibility index (Phi) is 8.98. The monoisotopic (exact) mass is 426 g/mol. The van der Waals surface area contributed by atoms with Crippen molar-refractivity contribution in [3.63, 3.8) is 0 Å². The highest BCUT2D eigenvalue weighted by Gasteiger charge is 2.22. The predicted octanol–water partition coefficient (Wildman–Crippen LogP) is 6.33. The van der Waals surface area contributed by atoms with Gasteiger partial charge in [0.2, 0.25) is 0 Å². The van der Waals surface area contributed by atoms with E-state index in [0.29, 0.717) is 23.5 Å². The SMILES string of the molecule is COC(=O)c1c(C)cc(OC)c(C/C=C(/C)CCCc2coc(C=C(C)C)c2)c1OC. The van der Waals surface area contributed by atoms with Crippen LogP contribution in [0.3, 0.4) is 0 Å². The smallest absolute Gasteiger partial charge is 0.341 e. The van der Waals surface area contributed by atoms with Gasteiger partial charge in [0, 0.05) is 5.56 Å². The molecule has 0 saturated carbocycles. The highest BCUT2D eigenvalue weighted by atomic mass is 16.5. The van der Waals surface area contributed by atoms with E-state index in [9.17, 15) is 4.79 Å². The van der Waals surface area contributed by atoms with Gasteiger partial charge in [-0.3, -0.25) is 0 Å². The van der Waals surface area contributed by atoms with Crippen LogP contribution in [-0.2, 0) is 17.6 Å². The van der Waals surface area contributed by atoms with Crippen LogP contribution in [0, 0.1) is 6.92 Å². The van der Waals surface area contributed by atoms with Gasteiger partial charge in [0.05, 0.1) is 27.6 Å². The van der Waals surface area contributed by atoms with Gasteiger partial charge < -0.3 is 18.6 Å². The van der Waals surface area contributed by atoms with E-state index in [2.05, 4.69) is 32.9 Å². The molecule has 5 heteroatoms. The van der Waals surface area contributed by atoms with Crippen LogP contribution in [0.1, 0.15) is 66.4 Å². The van der Waals surface area contributed by atoms with Crippen LogP contribution in [0.5, 0.6) is 11.5 Å². The number of methoxy groups -OCH3 is 3. The molecule has 0 aliphatic heterocycles. The van der Waals surface area contributed by atoms with Crippen LogP contribution < -0.4 is 9.47 Å². The van der Waals surface area contributed by atoms with Crippen molar-refractivity contribution in [1.82, 2.24) is 0 Å². The summed E-state index contributed by atoms with van der Waals surface area (Å²) in [6, 6.07) is 3.96. The first-order valence-electron chi connectivity index (χ1n) is 10.5. The number of benzene rings is 1. The largest absolute Gasteiger partial charge is 0.496 e. The number of ether oxygens (including phenoxy) is 3. The van der Waals surface area contributed by atoms with Crippen molar-refractivity contribution < 1.29 is 23.4 Å². The van der Waals surface area contributed by atoms with Gasteiger partial charge in [-0.15, -0.1) is 0 Å². The molecule has 168 valence electrons. The van der Waals surface area contributed by atoms with Gasteiger partial charge in [-0.05, 0) is 82.7 Å². The van der Waals surface area contributed by atoms with E-state index >= 15 is 0 Å². The van der Waals surface area contributed by atoms with Crippen molar-refractivity contribution in [3.8, 4) is 11.5 Å². The lowest BCUT2D eigenvalue weighted by atomic mass is 9.98. The summed E-state index contributed by atoms with van der Waals surface area (Å²) < 4.78 is 21.7. The Hall–Kier alpha value is -2.95. The third kappa shape index (κ3) is 6.51. The molecule has 31 heavy (non-hydrogen) atoms. The molecule has 0 fully saturated rings. The summed E-state index contributed by atoms with van der Waals surface area (Å²) in [7, 11) is 4.56. The van der Waals surface area contributed by atoms with Crippen molar-refractivity contribution in [1.29, 1.82) is 0 Å². The normalized spacial score (nSPS) is 11.3. The van der Waals surface area contributed by atoms with E-state index < -0.39 is 5.97 Å². The molecule has 0 bridgehead atoms. The zero-order valence-corrected chi connectivity index (χ0v) is 19.8. The number of allylic oxidation sites excluding steroid dienone is 3. The van der Waals surface area contributed by atoms with Gasteiger partial charge in [0.15, 0.2) is 0 Å². The van der Waals surface area contributed by atoms with Crippen molar-refractivity contribution in [2.75, 3.05) is 21.3 Å². The van der Waals surface area contributed by atoms with Gasteiger partial charge in [0.25, 0.3) is 0 Å². The molecule has 0 aliphatic carbocycles. The topological polar surface area (TPSA) is 57.9 Å². The summed E-state index contributed by atoms with van der Waals surface area (Å²) in [6.45, 7) is 8.09. The molecule has 2 rings (SSSR count). The first-order chi connectivity index (χ1) is 14.8. The molecule has 0 atom stereocenters. The molecule has 2 aromatic rings. The predicted molar refractivity (Wildman–Crippen MR) is 124 cm³/mol. The molecule has 1 aromatic heterocycles. The number of rotatable bonds is 10. The number of carbonyl (C=O) groups is 1. The summed E-state index contributed by atoms with van der Waals surface area (Å²) in [5.41, 5.74) is 5.76. The Morgan fingerprint density at radius 3 is 2.45 bits per heavy atom. The van der Waals surface area contributed by atoms with Crippen LogP contribution >= 0.6 is 0 Å². The third-order valence-electron chi connectivity index (χ3n) is 5.15. The Morgan fingerprint density at radius 2 is 1.84 bits per heavy atom. The van der Waals surface area contributed by atoms with Crippen LogP contribution in [0.15, 0.2) is 40.0 Å². The van der Waals surface area contributed by atoms with Gasteiger partial charge in [-0.25, -0.2) is 4.79 Å².